The van der Waals surface area contributed by atoms with Gasteiger partial charge in [0.05, 0.1) is 12.8 Å². The SMILES string of the molecule is COc1ccccc1OC(C)C(=O)NN=C(C)c1ccc2c(c1)CCC2. The van der Waals surface area contributed by atoms with Crippen molar-refractivity contribution in [1.29, 1.82) is 0 Å². The summed E-state index contributed by atoms with van der Waals surface area (Å²) < 4.78 is 10.9. The molecule has 0 aliphatic heterocycles. The molecule has 1 atom stereocenters. The topological polar surface area (TPSA) is 59.9 Å². The molecule has 0 spiro atoms. The summed E-state index contributed by atoms with van der Waals surface area (Å²) in [5.74, 6) is 0.804. The number of nitrogens with zero attached hydrogens (tertiary/aromatic N) is 1. The number of benzene rings is 2. The molecule has 3 rings (SSSR count). The maximum absolute atomic E-state index is 12.3. The Kier molecular flexibility index (Phi) is 5.56. The first kappa shape index (κ1) is 18.0. The van der Waals surface area contributed by atoms with E-state index in [4.69, 9.17) is 9.47 Å². The third kappa shape index (κ3) is 4.04. The molecule has 0 fully saturated rings. The second-order valence-corrected chi connectivity index (χ2v) is 6.42. The summed E-state index contributed by atoms with van der Waals surface area (Å²) in [5.41, 5.74) is 7.20. The molecule has 136 valence electrons. The number of hydrogen-bond donors (Lipinski definition) is 1. The van der Waals surface area contributed by atoms with Crippen molar-refractivity contribution >= 4 is 11.6 Å². The number of amides is 1. The summed E-state index contributed by atoms with van der Waals surface area (Å²) in [7, 11) is 1.57. The predicted octanol–water partition coefficient (Wildman–Crippen LogP) is 3.49. The van der Waals surface area contributed by atoms with Crippen molar-refractivity contribution in [2.24, 2.45) is 5.10 Å². The van der Waals surface area contributed by atoms with Gasteiger partial charge in [0, 0.05) is 0 Å². The minimum Gasteiger partial charge on any atom is -0.493 e. The molecule has 0 aromatic heterocycles. The molecule has 1 aliphatic rings. The zero-order chi connectivity index (χ0) is 18.5. The minimum absolute atomic E-state index is 0.309. The fourth-order valence-electron chi connectivity index (χ4n) is 3.05. The van der Waals surface area contributed by atoms with Crippen molar-refractivity contribution in [3.8, 4) is 11.5 Å². The first-order valence-corrected chi connectivity index (χ1v) is 8.84. The van der Waals surface area contributed by atoms with Gasteiger partial charge in [-0.05, 0) is 68.0 Å². The average Bonchev–Trinajstić information content (AvgIpc) is 3.13. The molecule has 0 saturated heterocycles. The van der Waals surface area contributed by atoms with E-state index < -0.39 is 6.10 Å². The minimum atomic E-state index is -0.692. The van der Waals surface area contributed by atoms with Crippen molar-refractivity contribution in [1.82, 2.24) is 5.43 Å². The van der Waals surface area contributed by atoms with E-state index in [0.717, 1.165) is 24.1 Å². The van der Waals surface area contributed by atoms with E-state index in [2.05, 4.69) is 28.7 Å². The van der Waals surface area contributed by atoms with Crippen LogP contribution in [0.4, 0.5) is 0 Å². The zero-order valence-corrected chi connectivity index (χ0v) is 15.4. The van der Waals surface area contributed by atoms with Crippen LogP contribution in [0.2, 0.25) is 0 Å². The second-order valence-electron chi connectivity index (χ2n) is 6.42. The molecule has 0 radical (unpaired) electrons. The number of hydrogen-bond acceptors (Lipinski definition) is 4. The molecule has 2 aromatic rings. The maximum atomic E-state index is 12.3. The van der Waals surface area contributed by atoms with Crippen molar-refractivity contribution in [2.75, 3.05) is 7.11 Å². The van der Waals surface area contributed by atoms with Gasteiger partial charge >= 0.3 is 0 Å². The number of rotatable bonds is 6. The Morgan fingerprint density at radius 3 is 2.62 bits per heavy atom. The lowest BCUT2D eigenvalue weighted by Gasteiger charge is -2.15. The zero-order valence-electron chi connectivity index (χ0n) is 15.4. The van der Waals surface area contributed by atoms with Crippen LogP contribution in [0.3, 0.4) is 0 Å². The molecule has 1 N–H and O–H groups in total. The van der Waals surface area contributed by atoms with Gasteiger partial charge in [-0.15, -0.1) is 0 Å². The van der Waals surface area contributed by atoms with Crippen LogP contribution in [-0.4, -0.2) is 24.8 Å². The molecule has 5 heteroatoms. The van der Waals surface area contributed by atoms with Crippen LogP contribution in [0, 0.1) is 0 Å². The van der Waals surface area contributed by atoms with Gasteiger partial charge in [-0.3, -0.25) is 4.79 Å². The Labute approximate surface area is 154 Å². The molecule has 1 amide bonds. The Hall–Kier alpha value is -2.82. The standard InChI is InChI=1S/C21H24N2O3/c1-14(17-12-11-16-7-6-8-18(16)13-17)22-23-21(24)15(2)26-20-10-5-4-9-19(20)25-3/h4-5,9-13,15H,6-8H2,1-3H3,(H,23,24). The van der Waals surface area contributed by atoms with E-state index in [9.17, 15) is 4.79 Å². The van der Waals surface area contributed by atoms with E-state index in [-0.39, 0.29) is 5.91 Å². The fourth-order valence-corrected chi connectivity index (χ4v) is 3.05. The number of nitrogens with one attached hydrogen (secondary N) is 1. The second kappa shape index (κ2) is 8.04. The van der Waals surface area contributed by atoms with Crippen molar-refractivity contribution in [2.45, 2.75) is 39.2 Å². The Morgan fingerprint density at radius 1 is 1.12 bits per heavy atom. The van der Waals surface area contributed by atoms with Gasteiger partial charge in [0.15, 0.2) is 17.6 Å². The van der Waals surface area contributed by atoms with Crippen LogP contribution in [0.5, 0.6) is 11.5 Å². The number of hydrazone groups is 1. The highest BCUT2D eigenvalue weighted by Crippen LogP contribution is 2.27. The molecule has 0 saturated carbocycles. The van der Waals surface area contributed by atoms with Gasteiger partial charge in [0.2, 0.25) is 0 Å². The number of ether oxygens (including phenoxy) is 2. The molecule has 2 aromatic carbocycles. The lowest BCUT2D eigenvalue weighted by molar-refractivity contribution is -0.127. The first-order valence-electron chi connectivity index (χ1n) is 8.84. The monoisotopic (exact) mass is 352 g/mol. The van der Waals surface area contributed by atoms with Crippen molar-refractivity contribution in [3.05, 3.63) is 59.2 Å². The number of carbonyl (C=O) groups is 1. The maximum Gasteiger partial charge on any atom is 0.280 e. The molecule has 5 nitrogen and oxygen atoms in total. The highest BCUT2D eigenvalue weighted by molar-refractivity contribution is 5.99. The highest BCUT2D eigenvalue weighted by Gasteiger charge is 2.17. The molecule has 1 aliphatic carbocycles. The summed E-state index contributed by atoms with van der Waals surface area (Å²) in [4.78, 5) is 12.3. The van der Waals surface area contributed by atoms with Crippen LogP contribution in [-0.2, 0) is 17.6 Å². The smallest absolute Gasteiger partial charge is 0.280 e. The van der Waals surface area contributed by atoms with E-state index in [1.807, 2.05) is 19.1 Å². The van der Waals surface area contributed by atoms with E-state index >= 15 is 0 Å². The average molecular weight is 352 g/mol. The number of aryl methyl sites for hydroxylation is 2. The van der Waals surface area contributed by atoms with Crippen LogP contribution >= 0.6 is 0 Å². The van der Waals surface area contributed by atoms with Crippen molar-refractivity contribution in [3.63, 3.8) is 0 Å². The number of carbonyl (C=O) groups excluding carboxylic acids is 1. The molecule has 0 bridgehead atoms. The number of fused-ring (bicyclic) bond motifs is 1. The van der Waals surface area contributed by atoms with Gasteiger partial charge in [-0.1, -0.05) is 24.3 Å². The summed E-state index contributed by atoms with van der Waals surface area (Å²) in [6.07, 6.45) is 2.79. The van der Waals surface area contributed by atoms with Gasteiger partial charge in [-0.25, -0.2) is 5.43 Å². The molecule has 26 heavy (non-hydrogen) atoms. The normalized spacial score (nSPS) is 14.5. The Balaban J connectivity index is 1.62. The largest absolute Gasteiger partial charge is 0.493 e. The third-order valence-corrected chi connectivity index (χ3v) is 4.59. The molecule has 1 unspecified atom stereocenters. The van der Waals surface area contributed by atoms with Crippen LogP contribution < -0.4 is 14.9 Å². The van der Waals surface area contributed by atoms with Gasteiger partial charge in [-0.2, -0.15) is 5.10 Å². The molecule has 0 heterocycles. The molecular weight excluding hydrogens is 328 g/mol. The summed E-state index contributed by atoms with van der Waals surface area (Å²) in [6.45, 7) is 3.57. The number of para-hydroxylation sites is 2. The van der Waals surface area contributed by atoms with E-state index in [0.29, 0.717) is 11.5 Å². The fraction of sp³-hybridized carbons (Fsp3) is 0.333. The van der Waals surface area contributed by atoms with Crippen molar-refractivity contribution < 1.29 is 14.3 Å². The third-order valence-electron chi connectivity index (χ3n) is 4.59. The lowest BCUT2D eigenvalue weighted by Crippen LogP contribution is -2.34. The van der Waals surface area contributed by atoms with Gasteiger partial charge in [0.1, 0.15) is 0 Å². The quantitative estimate of drug-likeness (QED) is 0.639. The summed E-state index contributed by atoms with van der Waals surface area (Å²) in [5, 5.41) is 4.23. The highest BCUT2D eigenvalue weighted by atomic mass is 16.5. The first-order chi connectivity index (χ1) is 12.6. The lowest BCUT2D eigenvalue weighted by atomic mass is 10.0. The van der Waals surface area contributed by atoms with Gasteiger partial charge < -0.3 is 9.47 Å². The summed E-state index contributed by atoms with van der Waals surface area (Å²) in [6, 6.07) is 13.6. The van der Waals surface area contributed by atoms with Crippen LogP contribution in [0.1, 0.15) is 37.0 Å². The Bertz CT molecular complexity index is 830. The van der Waals surface area contributed by atoms with E-state index in [1.54, 1.807) is 26.2 Å². The number of methoxy groups -OCH3 is 1. The van der Waals surface area contributed by atoms with Gasteiger partial charge in [0.25, 0.3) is 5.91 Å². The van der Waals surface area contributed by atoms with Crippen LogP contribution in [0.25, 0.3) is 0 Å². The van der Waals surface area contributed by atoms with E-state index in [1.165, 1.54) is 17.5 Å². The Morgan fingerprint density at radius 2 is 1.85 bits per heavy atom. The predicted molar refractivity (Wildman–Crippen MR) is 102 cm³/mol. The summed E-state index contributed by atoms with van der Waals surface area (Å²) >= 11 is 0. The molecular formula is C21H24N2O3. The van der Waals surface area contributed by atoms with Crippen LogP contribution in [0.15, 0.2) is 47.6 Å².